The number of hydrogen-bond acceptors (Lipinski definition) is 3. The zero-order valence-electron chi connectivity index (χ0n) is 14.5. The fraction of sp³-hybridized carbons (Fsp3) is 0.611. The van der Waals surface area contributed by atoms with Crippen LogP contribution in [0.4, 0.5) is 14.9 Å². The highest BCUT2D eigenvalue weighted by molar-refractivity contribution is 5.75. The maximum Gasteiger partial charge on any atom is 0.315 e. The van der Waals surface area contributed by atoms with Crippen LogP contribution >= 0.6 is 0 Å². The summed E-state index contributed by atoms with van der Waals surface area (Å²) in [5.41, 5.74) is 1.86. The van der Waals surface area contributed by atoms with Gasteiger partial charge in [0.25, 0.3) is 0 Å². The zero-order valence-corrected chi connectivity index (χ0v) is 14.5. The molecule has 0 radical (unpaired) electrons. The molecule has 3 rings (SSSR count). The van der Waals surface area contributed by atoms with Crippen LogP contribution in [-0.2, 0) is 0 Å². The topological polar surface area (TPSA) is 47.6 Å². The van der Waals surface area contributed by atoms with Crippen molar-refractivity contribution in [2.75, 3.05) is 37.6 Å². The molecule has 5 nitrogen and oxygen atoms in total. The quantitative estimate of drug-likeness (QED) is 0.870. The van der Waals surface area contributed by atoms with E-state index in [9.17, 15) is 9.18 Å². The number of carbonyl (C=O) groups is 1. The minimum Gasteiger partial charge on any atom is -0.369 e. The third-order valence-corrected chi connectivity index (χ3v) is 4.88. The molecule has 24 heavy (non-hydrogen) atoms. The molecule has 1 unspecified atom stereocenters. The highest BCUT2D eigenvalue weighted by Gasteiger charge is 2.25. The number of amides is 2. The van der Waals surface area contributed by atoms with E-state index in [1.165, 1.54) is 6.07 Å². The molecule has 0 aromatic heterocycles. The number of hydrogen-bond donors (Lipinski definition) is 2. The summed E-state index contributed by atoms with van der Waals surface area (Å²) < 4.78 is 13.8. The highest BCUT2D eigenvalue weighted by atomic mass is 19.1. The molecule has 6 heteroatoms. The maximum absolute atomic E-state index is 13.8. The fourth-order valence-corrected chi connectivity index (χ4v) is 3.19. The maximum atomic E-state index is 13.8. The number of nitrogens with zero attached hydrogens (tertiary/aromatic N) is 2. The van der Waals surface area contributed by atoms with Crippen LogP contribution in [0.25, 0.3) is 0 Å². The molecule has 1 aromatic rings. The normalized spacial score (nSPS) is 19.9. The van der Waals surface area contributed by atoms with Crippen molar-refractivity contribution >= 4 is 11.7 Å². The average Bonchev–Trinajstić information content (AvgIpc) is 3.38. The lowest BCUT2D eigenvalue weighted by atomic mass is 10.0. The van der Waals surface area contributed by atoms with Gasteiger partial charge in [-0.15, -0.1) is 0 Å². The van der Waals surface area contributed by atoms with E-state index in [0.29, 0.717) is 6.04 Å². The molecule has 2 aliphatic rings. The first-order chi connectivity index (χ1) is 11.6. The molecule has 1 heterocycles. The Balaban J connectivity index is 1.71. The van der Waals surface area contributed by atoms with Crippen LogP contribution in [0.2, 0.25) is 0 Å². The summed E-state index contributed by atoms with van der Waals surface area (Å²) >= 11 is 0. The Kier molecular flexibility index (Phi) is 5.23. The lowest BCUT2D eigenvalue weighted by molar-refractivity contribution is 0.237. The average molecular weight is 334 g/mol. The molecule has 2 fully saturated rings. The number of urea groups is 1. The van der Waals surface area contributed by atoms with E-state index in [0.717, 1.165) is 56.8 Å². The summed E-state index contributed by atoms with van der Waals surface area (Å²) in [6, 6.07) is 4.79. The Morgan fingerprint density at radius 1 is 1.29 bits per heavy atom. The molecule has 1 atom stereocenters. The first-order valence-corrected chi connectivity index (χ1v) is 8.90. The Labute approximate surface area is 143 Å². The lowest BCUT2D eigenvalue weighted by Crippen LogP contribution is -2.46. The molecule has 2 amide bonds. The molecule has 1 aromatic carbocycles. The van der Waals surface area contributed by atoms with Crippen LogP contribution in [0.3, 0.4) is 0 Å². The second kappa shape index (κ2) is 7.38. The van der Waals surface area contributed by atoms with Crippen LogP contribution < -0.4 is 15.5 Å². The second-order valence-corrected chi connectivity index (χ2v) is 6.74. The van der Waals surface area contributed by atoms with Crippen molar-refractivity contribution in [3.05, 3.63) is 29.6 Å². The van der Waals surface area contributed by atoms with Gasteiger partial charge < -0.3 is 20.4 Å². The van der Waals surface area contributed by atoms with Crippen LogP contribution in [0, 0.1) is 5.82 Å². The summed E-state index contributed by atoms with van der Waals surface area (Å²) in [5, 5.41) is 5.86. The number of halogens is 1. The Morgan fingerprint density at radius 2 is 2.00 bits per heavy atom. The second-order valence-electron chi connectivity index (χ2n) is 6.74. The lowest BCUT2D eigenvalue weighted by Gasteiger charge is -2.37. The summed E-state index contributed by atoms with van der Waals surface area (Å²) in [4.78, 5) is 16.7. The first kappa shape index (κ1) is 17.0. The van der Waals surface area contributed by atoms with Crippen molar-refractivity contribution < 1.29 is 9.18 Å². The third-order valence-electron chi connectivity index (χ3n) is 4.88. The van der Waals surface area contributed by atoms with Gasteiger partial charge in [-0.2, -0.15) is 0 Å². The van der Waals surface area contributed by atoms with Gasteiger partial charge in [-0.1, -0.05) is 6.92 Å². The predicted molar refractivity (Wildman–Crippen MR) is 93.8 cm³/mol. The summed E-state index contributed by atoms with van der Waals surface area (Å²) in [5.74, 6) is -0.266. The molecule has 1 aliphatic carbocycles. The van der Waals surface area contributed by atoms with E-state index in [1.807, 2.05) is 13.0 Å². The van der Waals surface area contributed by atoms with Crippen molar-refractivity contribution in [3.63, 3.8) is 0 Å². The van der Waals surface area contributed by atoms with Crippen molar-refractivity contribution in [2.45, 2.75) is 38.8 Å². The number of anilines is 1. The van der Waals surface area contributed by atoms with Gasteiger partial charge in [0.2, 0.25) is 0 Å². The van der Waals surface area contributed by atoms with E-state index in [-0.39, 0.29) is 17.9 Å². The number of carbonyl (C=O) groups excluding carboxylic acids is 1. The molecule has 0 spiro atoms. The van der Waals surface area contributed by atoms with Gasteiger partial charge in [0.15, 0.2) is 0 Å². The molecule has 1 saturated heterocycles. The van der Waals surface area contributed by atoms with Crippen LogP contribution in [0.5, 0.6) is 0 Å². The monoisotopic (exact) mass is 334 g/mol. The summed E-state index contributed by atoms with van der Waals surface area (Å²) in [7, 11) is 0. The molecule has 132 valence electrons. The number of benzene rings is 1. The van der Waals surface area contributed by atoms with Crippen LogP contribution in [0.15, 0.2) is 18.2 Å². The number of piperazine rings is 1. The predicted octanol–water partition coefficient (Wildman–Crippen LogP) is 2.49. The van der Waals surface area contributed by atoms with Crippen molar-refractivity contribution in [2.24, 2.45) is 0 Å². The van der Waals surface area contributed by atoms with E-state index in [2.05, 4.69) is 27.4 Å². The van der Waals surface area contributed by atoms with Gasteiger partial charge in [-0.25, -0.2) is 9.18 Å². The third kappa shape index (κ3) is 4.17. The molecular weight excluding hydrogens is 307 g/mol. The van der Waals surface area contributed by atoms with Crippen molar-refractivity contribution in [1.29, 1.82) is 0 Å². The van der Waals surface area contributed by atoms with Gasteiger partial charge >= 0.3 is 6.03 Å². The molecule has 1 saturated carbocycles. The van der Waals surface area contributed by atoms with Crippen molar-refractivity contribution in [3.8, 4) is 0 Å². The highest BCUT2D eigenvalue weighted by Crippen LogP contribution is 2.28. The number of likely N-dealkylation sites (N-methyl/N-ethyl adjacent to an activating group) is 1. The van der Waals surface area contributed by atoms with Gasteiger partial charge in [0.1, 0.15) is 5.82 Å². The molecule has 0 bridgehead atoms. The van der Waals surface area contributed by atoms with E-state index in [1.54, 1.807) is 6.07 Å². The minimum atomic E-state index is -0.266. The van der Waals surface area contributed by atoms with Crippen LogP contribution in [-0.4, -0.2) is 49.7 Å². The summed E-state index contributed by atoms with van der Waals surface area (Å²) in [6.45, 7) is 9.01. The Bertz CT molecular complexity index is 582. The number of nitrogens with one attached hydrogen (secondary N) is 2. The SMILES string of the molecule is CCN1CCN(c2ccc(F)cc2C(C)NC(=O)NC2CC2)CC1. The molecular formula is C18H27FN4O. The van der Waals surface area contributed by atoms with E-state index >= 15 is 0 Å². The van der Waals surface area contributed by atoms with Gasteiger partial charge in [0.05, 0.1) is 6.04 Å². The standard InChI is InChI=1S/C18H27FN4O/c1-3-22-8-10-23(11-9-22)17-7-4-14(19)12-16(17)13(2)20-18(24)21-15-5-6-15/h4,7,12-13,15H,3,5-6,8-11H2,1-2H3,(H2,20,21,24). The Hall–Kier alpha value is -1.82. The Morgan fingerprint density at radius 3 is 2.62 bits per heavy atom. The molecule has 2 N–H and O–H groups in total. The van der Waals surface area contributed by atoms with Gasteiger partial charge in [0, 0.05) is 43.5 Å². The fourth-order valence-electron chi connectivity index (χ4n) is 3.19. The summed E-state index contributed by atoms with van der Waals surface area (Å²) in [6.07, 6.45) is 2.10. The van der Waals surface area contributed by atoms with E-state index < -0.39 is 0 Å². The smallest absolute Gasteiger partial charge is 0.315 e. The van der Waals surface area contributed by atoms with E-state index in [4.69, 9.17) is 0 Å². The largest absolute Gasteiger partial charge is 0.369 e. The van der Waals surface area contributed by atoms with Crippen LogP contribution in [0.1, 0.15) is 38.3 Å². The number of rotatable bonds is 5. The minimum absolute atomic E-state index is 0.170. The van der Waals surface area contributed by atoms with Gasteiger partial charge in [-0.05, 0) is 44.5 Å². The first-order valence-electron chi connectivity index (χ1n) is 8.90. The zero-order chi connectivity index (χ0) is 17.1. The van der Waals surface area contributed by atoms with Crippen molar-refractivity contribution in [1.82, 2.24) is 15.5 Å². The molecule has 1 aliphatic heterocycles. The van der Waals surface area contributed by atoms with Gasteiger partial charge in [-0.3, -0.25) is 0 Å².